The number of esters is 1. The predicted octanol–water partition coefficient (Wildman–Crippen LogP) is 1.38. The minimum Gasteiger partial charge on any atom is -0.502 e. The van der Waals surface area contributed by atoms with Gasteiger partial charge in [-0.2, -0.15) is 0 Å². The second kappa shape index (κ2) is 11.0. The Morgan fingerprint density at radius 1 is 0.860 bits per heavy atom. The molecule has 0 saturated carbocycles. The molecule has 6 unspecified atom stereocenters. The first-order valence-corrected chi connectivity index (χ1v) is 14.2. The van der Waals surface area contributed by atoms with E-state index in [1.54, 1.807) is 18.2 Å². The van der Waals surface area contributed by atoms with E-state index in [0.717, 1.165) is 0 Å². The first kappa shape index (κ1) is 28.4. The summed E-state index contributed by atoms with van der Waals surface area (Å²) in [7, 11) is 2.86. The van der Waals surface area contributed by atoms with Gasteiger partial charge < -0.3 is 58.0 Å². The van der Waals surface area contributed by atoms with Crippen molar-refractivity contribution in [2.45, 2.75) is 55.8 Å². The van der Waals surface area contributed by atoms with Crippen molar-refractivity contribution in [2.24, 2.45) is 11.8 Å². The van der Waals surface area contributed by atoms with Gasteiger partial charge in [-0.3, -0.25) is 4.79 Å². The molecule has 7 rings (SSSR count). The van der Waals surface area contributed by atoms with Crippen LogP contribution in [0.3, 0.4) is 0 Å². The van der Waals surface area contributed by atoms with Crippen LogP contribution in [0.25, 0.3) is 0 Å². The number of benzene rings is 2. The number of rotatable bonds is 5. The Balaban J connectivity index is 1.31. The Hall–Kier alpha value is -3.33. The molecule has 0 amide bonds. The number of aliphatic hydroxyl groups excluding tert-OH is 2. The number of carbonyl (C=O) groups excluding carboxylic acids is 1. The molecular weight excluding hydrogens is 568 g/mol. The number of hydrogen-bond acceptors (Lipinski definition) is 13. The maximum atomic E-state index is 13.4. The fraction of sp³-hybridized carbons (Fsp3) is 0.567. The van der Waals surface area contributed by atoms with Crippen LogP contribution in [0.5, 0.6) is 28.7 Å². The highest BCUT2D eigenvalue weighted by molar-refractivity contribution is 5.79. The molecule has 0 spiro atoms. The Labute approximate surface area is 247 Å². The molecule has 0 radical (unpaired) electrons. The van der Waals surface area contributed by atoms with Crippen LogP contribution in [-0.2, 0) is 28.5 Å². The largest absolute Gasteiger partial charge is 0.502 e. The number of ether oxygens (including phenoxy) is 9. The molecule has 4 aliphatic heterocycles. The third-order valence-corrected chi connectivity index (χ3v) is 8.93. The van der Waals surface area contributed by atoms with E-state index in [4.69, 9.17) is 42.6 Å². The average molecular weight is 603 g/mol. The first-order valence-electron chi connectivity index (χ1n) is 14.2. The zero-order chi connectivity index (χ0) is 30.0. The second-order valence-corrected chi connectivity index (χ2v) is 11.4. The lowest BCUT2D eigenvalue weighted by atomic mass is 9.66. The third kappa shape index (κ3) is 4.66. The maximum absolute atomic E-state index is 13.4. The molecule has 2 aromatic carbocycles. The Morgan fingerprint density at radius 2 is 1.56 bits per heavy atom. The van der Waals surface area contributed by atoms with E-state index in [2.05, 4.69) is 0 Å². The summed E-state index contributed by atoms with van der Waals surface area (Å²) in [5.41, 5.74) is 2.02. The zero-order valence-electron chi connectivity index (χ0n) is 23.8. The SMILES string of the molecule is COc1cc([C@@H]2c3cc4c(cc3[C@@H](OC3OC5COC[C@@H](C)OC5C(O)C3O)[C@H]3COC(=O)C23)OCO4)cc(OC)c1O. The fourth-order valence-corrected chi connectivity index (χ4v) is 6.90. The van der Waals surface area contributed by atoms with Crippen molar-refractivity contribution in [1.29, 1.82) is 0 Å². The lowest BCUT2D eigenvalue weighted by Gasteiger charge is -2.45. The van der Waals surface area contributed by atoms with Gasteiger partial charge in [-0.1, -0.05) is 0 Å². The normalized spacial score (nSPS) is 36.2. The van der Waals surface area contributed by atoms with Crippen LogP contribution in [0.1, 0.15) is 35.6 Å². The van der Waals surface area contributed by atoms with E-state index in [9.17, 15) is 20.1 Å². The van der Waals surface area contributed by atoms with Gasteiger partial charge in [0.25, 0.3) is 0 Å². The molecule has 13 heteroatoms. The minimum atomic E-state index is -1.44. The molecule has 13 nitrogen and oxygen atoms in total. The van der Waals surface area contributed by atoms with Crippen molar-refractivity contribution in [3.05, 3.63) is 41.0 Å². The number of carbonyl (C=O) groups is 1. The quantitative estimate of drug-likeness (QED) is 0.422. The summed E-state index contributed by atoms with van der Waals surface area (Å²) in [4.78, 5) is 13.4. The fourth-order valence-electron chi connectivity index (χ4n) is 6.90. The lowest BCUT2D eigenvalue weighted by molar-refractivity contribution is -0.320. The van der Waals surface area contributed by atoms with Crippen molar-refractivity contribution in [1.82, 2.24) is 0 Å². The minimum absolute atomic E-state index is 0.0301. The molecular formula is C30H34O13. The molecule has 10 atom stereocenters. The molecule has 1 aliphatic carbocycles. The number of fused-ring (bicyclic) bond motifs is 4. The number of cyclic esters (lactones) is 1. The molecule has 3 saturated heterocycles. The average Bonchev–Trinajstić information content (AvgIpc) is 3.57. The summed E-state index contributed by atoms with van der Waals surface area (Å²) in [5.74, 6) is -1.02. The Kier molecular flexibility index (Phi) is 7.27. The van der Waals surface area contributed by atoms with Gasteiger partial charge in [0.1, 0.15) is 24.4 Å². The summed E-state index contributed by atoms with van der Waals surface area (Å²) in [5, 5.41) is 32.7. The van der Waals surface area contributed by atoms with Gasteiger partial charge >= 0.3 is 5.97 Å². The van der Waals surface area contributed by atoms with Gasteiger partial charge in [0, 0.05) is 11.8 Å². The Bertz CT molecular complexity index is 1370. The Morgan fingerprint density at radius 3 is 2.26 bits per heavy atom. The van der Waals surface area contributed by atoms with Crippen LogP contribution in [0.2, 0.25) is 0 Å². The molecule has 5 aliphatic rings. The number of aliphatic hydroxyl groups is 2. The van der Waals surface area contributed by atoms with Crippen LogP contribution in [0.15, 0.2) is 24.3 Å². The lowest BCUT2D eigenvalue weighted by Crippen LogP contribution is -2.60. The number of hydrogen-bond donors (Lipinski definition) is 3. The van der Waals surface area contributed by atoms with Crippen LogP contribution in [0.4, 0.5) is 0 Å². The van der Waals surface area contributed by atoms with E-state index >= 15 is 0 Å². The van der Waals surface area contributed by atoms with Crippen molar-refractivity contribution in [3.63, 3.8) is 0 Å². The zero-order valence-corrected chi connectivity index (χ0v) is 23.8. The third-order valence-electron chi connectivity index (χ3n) is 8.93. The van der Waals surface area contributed by atoms with Gasteiger partial charge in [-0.05, 0) is 47.9 Å². The highest BCUT2D eigenvalue weighted by atomic mass is 16.7. The molecule has 0 aromatic heterocycles. The van der Waals surface area contributed by atoms with E-state index in [-0.39, 0.29) is 43.4 Å². The van der Waals surface area contributed by atoms with Gasteiger partial charge in [-0.15, -0.1) is 0 Å². The summed E-state index contributed by atoms with van der Waals surface area (Å²) >= 11 is 0. The summed E-state index contributed by atoms with van der Waals surface area (Å²) in [6, 6.07) is 6.94. The van der Waals surface area contributed by atoms with Crippen LogP contribution in [0, 0.1) is 11.8 Å². The number of phenols is 1. The van der Waals surface area contributed by atoms with E-state index in [0.29, 0.717) is 34.8 Å². The van der Waals surface area contributed by atoms with Gasteiger partial charge in [0.15, 0.2) is 29.3 Å². The van der Waals surface area contributed by atoms with Gasteiger partial charge in [0.05, 0.1) is 52.2 Å². The van der Waals surface area contributed by atoms with Crippen LogP contribution >= 0.6 is 0 Å². The molecule has 232 valence electrons. The van der Waals surface area contributed by atoms with Crippen molar-refractivity contribution in [3.8, 4) is 28.7 Å². The van der Waals surface area contributed by atoms with Crippen molar-refractivity contribution >= 4 is 5.97 Å². The van der Waals surface area contributed by atoms with Crippen LogP contribution < -0.4 is 18.9 Å². The number of phenolic OH excluding ortho intramolecular Hbond substituents is 1. The van der Waals surface area contributed by atoms with Gasteiger partial charge in [-0.25, -0.2) is 0 Å². The first-order chi connectivity index (χ1) is 20.8. The van der Waals surface area contributed by atoms with E-state index < -0.39 is 60.5 Å². The highest BCUT2D eigenvalue weighted by Gasteiger charge is 2.55. The molecule has 4 heterocycles. The second-order valence-electron chi connectivity index (χ2n) is 11.4. The highest BCUT2D eigenvalue weighted by Crippen LogP contribution is 2.57. The number of aromatic hydroxyl groups is 1. The molecule has 2 aromatic rings. The molecule has 3 fully saturated rings. The number of methoxy groups -OCH3 is 2. The van der Waals surface area contributed by atoms with Crippen LogP contribution in [-0.4, -0.2) is 98.9 Å². The van der Waals surface area contributed by atoms with Crippen molar-refractivity contribution in [2.75, 3.05) is 40.8 Å². The van der Waals surface area contributed by atoms with Gasteiger partial charge in [0.2, 0.25) is 12.5 Å². The van der Waals surface area contributed by atoms with Crippen molar-refractivity contribution < 1.29 is 62.7 Å². The summed E-state index contributed by atoms with van der Waals surface area (Å²) in [6.07, 6.45) is -6.57. The van der Waals surface area contributed by atoms with E-state index in [1.165, 1.54) is 14.2 Å². The molecule has 43 heavy (non-hydrogen) atoms. The monoisotopic (exact) mass is 602 g/mol. The molecule has 0 bridgehead atoms. The summed E-state index contributed by atoms with van der Waals surface area (Å²) < 4.78 is 52.1. The molecule has 3 N–H and O–H groups in total. The predicted molar refractivity (Wildman–Crippen MR) is 143 cm³/mol. The van der Waals surface area contributed by atoms with E-state index in [1.807, 2.05) is 13.0 Å². The standard InChI is InChI=1S/C30H34O13/c1-12-8-37-10-21-28(41-12)25(32)26(33)30(42-21)43-27-15-7-18-17(39-11-40-18)6-14(15)22(23-16(27)9-38-29(23)34)13-4-19(35-2)24(31)20(5-13)36-3/h4-7,12,16,21-23,25-28,30-33H,8-11H2,1-3H3/t12-,16+,21?,22-,23?,25?,26?,27-,28?,30?/m1/s1. The smallest absolute Gasteiger partial charge is 0.310 e. The topological polar surface area (TPSA) is 161 Å². The maximum Gasteiger partial charge on any atom is 0.310 e. The summed E-state index contributed by atoms with van der Waals surface area (Å²) in [6.45, 7) is 2.37.